The predicted octanol–water partition coefficient (Wildman–Crippen LogP) is 3.41. The number of ether oxygens (including phenoxy) is 1. The molecular formula is C18H14N2O2. The molecule has 0 spiro atoms. The maximum Gasteiger partial charge on any atom is 0.355 e. The maximum atomic E-state index is 12.3. The van der Waals surface area contributed by atoms with Gasteiger partial charge in [0.2, 0.25) is 0 Å². The molecule has 0 aliphatic rings. The number of benzene rings is 2. The summed E-state index contributed by atoms with van der Waals surface area (Å²) in [5.41, 5.74) is 2.85. The van der Waals surface area contributed by atoms with Crippen LogP contribution in [-0.2, 0) is 18.4 Å². The molecule has 4 heteroatoms. The van der Waals surface area contributed by atoms with E-state index in [4.69, 9.17) is 10.00 Å². The quantitative estimate of drug-likeness (QED) is 0.695. The number of nitriles is 1. The lowest BCUT2D eigenvalue weighted by molar-refractivity contribution is 0.0462. The van der Waals surface area contributed by atoms with Crippen LogP contribution in [0.1, 0.15) is 21.6 Å². The Hall–Kier alpha value is -3.06. The van der Waals surface area contributed by atoms with Crippen molar-refractivity contribution in [2.45, 2.75) is 6.61 Å². The lowest BCUT2D eigenvalue weighted by Gasteiger charge is -2.06. The zero-order valence-corrected chi connectivity index (χ0v) is 12.1. The van der Waals surface area contributed by atoms with E-state index < -0.39 is 0 Å². The number of carbonyl (C=O) groups excluding carboxylic acids is 1. The lowest BCUT2D eigenvalue weighted by Crippen LogP contribution is -2.09. The van der Waals surface area contributed by atoms with E-state index in [1.807, 2.05) is 48.0 Å². The van der Waals surface area contributed by atoms with Crippen LogP contribution in [-0.4, -0.2) is 10.5 Å². The third-order valence-electron chi connectivity index (χ3n) is 3.59. The first-order valence-corrected chi connectivity index (χ1v) is 6.89. The molecule has 0 saturated heterocycles. The molecule has 1 aromatic heterocycles. The SMILES string of the molecule is Cn1c(C(=O)OCc2cccc(C#N)c2)cc2ccccc21. The Morgan fingerprint density at radius 1 is 1.18 bits per heavy atom. The van der Waals surface area contributed by atoms with Gasteiger partial charge >= 0.3 is 5.97 Å². The summed E-state index contributed by atoms with van der Waals surface area (Å²) in [6.07, 6.45) is 0. The molecule has 3 rings (SSSR count). The Morgan fingerprint density at radius 2 is 2.00 bits per heavy atom. The molecule has 0 aliphatic heterocycles. The minimum atomic E-state index is -0.374. The summed E-state index contributed by atoms with van der Waals surface area (Å²) in [5, 5.41) is 9.88. The van der Waals surface area contributed by atoms with Gasteiger partial charge in [-0.1, -0.05) is 30.3 Å². The Kier molecular flexibility index (Phi) is 3.63. The van der Waals surface area contributed by atoms with Crippen LogP contribution in [0.5, 0.6) is 0 Å². The van der Waals surface area contributed by atoms with Gasteiger partial charge in [0.1, 0.15) is 12.3 Å². The van der Waals surface area contributed by atoms with Gasteiger partial charge in [-0.3, -0.25) is 0 Å². The fourth-order valence-electron chi connectivity index (χ4n) is 2.44. The summed E-state index contributed by atoms with van der Waals surface area (Å²) in [4.78, 5) is 12.3. The lowest BCUT2D eigenvalue weighted by atomic mass is 10.1. The van der Waals surface area contributed by atoms with Crippen LogP contribution in [0, 0.1) is 11.3 Å². The molecule has 3 aromatic rings. The van der Waals surface area contributed by atoms with Crippen LogP contribution in [0.15, 0.2) is 54.6 Å². The van der Waals surface area contributed by atoms with E-state index in [9.17, 15) is 4.79 Å². The monoisotopic (exact) mass is 290 g/mol. The number of aromatic nitrogens is 1. The number of rotatable bonds is 3. The molecule has 0 atom stereocenters. The molecule has 0 radical (unpaired) electrons. The van der Waals surface area contributed by atoms with Crippen molar-refractivity contribution in [1.29, 1.82) is 5.26 Å². The summed E-state index contributed by atoms with van der Waals surface area (Å²) in [6, 6.07) is 18.7. The summed E-state index contributed by atoms with van der Waals surface area (Å²) in [7, 11) is 1.84. The maximum absolute atomic E-state index is 12.3. The second-order valence-electron chi connectivity index (χ2n) is 5.04. The van der Waals surface area contributed by atoms with Crippen LogP contribution < -0.4 is 0 Å². The normalized spacial score (nSPS) is 10.4. The van der Waals surface area contributed by atoms with Gasteiger partial charge in [-0.05, 0) is 29.8 Å². The Morgan fingerprint density at radius 3 is 2.77 bits per heavy atom. The fourth-order valence-corrected chi connectivity index (χ4v) is 2.44. The molecule has 0 bridgehead atoms. The third-order valence-corrected chi connectivity index (χ3v) is 3.59. The predicted molar refractivity (Wildman–Crippen MR) is 83.2 cm³/mol. The number of aryl methyl sites for hydroxylation is 1. The van der Waals surface area contributed by atoms with Crippen molar-refractivity contribution in [1.82, 2.24) is 4.57 Å². The van der Waals surface area contributed by atoms with Crippen molar-refractivity contribution >= 4 is 16.9 Å². The van der Waals surface area contributed by atoms with Crippen LogP contribution in [0.25, 0.3) is 10.9 Å². The van der Waals surface area contributed by atoms with Gasteiger partial charge in [-0.25, -0.2) is 4.79 Å². The zero-order valence-electron chi connectivity index (χ0n) is 12.1. The zero-order chi connectivity index (χ0) is 15.5. The summed E-state index contributed by atoms with van der Waals surface area (Å²) in [5.74, 6) is -0.374. The van der Waals surface area contributed by atoms with E-state index in [-0.39, 0.29) is 12.6 Å². The van der Waals surface area contributed by atoms with Crippen molar-refractivity contribution in [3.05, 3.63) is 71.4 Å². The molecule has 0 saturated carbocycles. The Bertz CT molecular complexity index is 887. The van der Waals surface area contributed by atoms with E-state index in [0.29, 0.717) is 11.3 Å². The molecule has 22 heavy (non-hydrogen) atoms. The van der Waals surface area contributed by atoms with Gasteiger partial charge in [-0.2, -0.15) is 5.26 Å². The van der Waals surface area contributed by atoms with E-state index in [1.165, 1.54) is 0 Å². The van der Waals surface area contributed by atoms with Crippen LogP contribution in [0.4, 0.5) is 0 Å². The standard InChI is InChI=1S/C18H14N2O2/c1-20-16-8-3-2-7-15(16)10-17(20)18(21)22-12-14-6-4-5-13(9-14)11-19/h2-10H,12H2,1H3. The average Bonchev–Trinajstić information content (AvgIpc) is 2.90. The van der Waals surface area contributed by atoms with Crippen molar-refractivity contribution in [2.24, 2.45) is 7.05 Å². The molecule has 0 fully saturated rings. The van der Waals surface area contributed by atoms with Crippen molar-refractivity contribution in [3.8, 4) is 6.07 Å². The Labute approximate surface area is 128 Å². The van der Waals surface area contributed by atoms with Gasteiger partial charge < -0.3 is 9.30 Å². The van der Waals surface area contributed by atoms with Crippen LogP contribution in [0.3, 0.4) is 0 Å². The average molecular weight is 290 g/mol. The number of fused-ring (bicyclic) bond motifs is 1. The second-order valence-corrected chi connectivity index (χ2v) is 5.04. The molecular weight excluding hydrogens is 276 g/mol. The highest BCUT2D eigenvalue weighted by atomic mass is 16.5. The fraction of sp³-hybridized carbons (Fsp3) is 0.111. The first-order chi connectivity index (χ1) is 10.7. The van der Waals surface area contributed by atoms with E-state index in [0.717, 1.165) is 16.5 Å². The topological polar surface area (TPSA) is 55.0 Å². The first-order valence-electron chi connectivity index (χ1n) is 6.89. The molecule has 1 heterocycles. The number of esters is 1. The smallest absolute Gasteiger partial charge is 0.355 e. The minimum Gasteiger partial charge on any atom is -0.456 e. The number of para-hydroxylation sites is 1. The molecule has 0 N–H and O–H groups in total. The number of hydrogen-bond donors (Lipinski definition) is 0. The highest BCUT2D eigenvalue weighted by molar-refractivity contribution is 5.95. The first kappa shape index (κ1) is 13.9. The third kappa shape index (κ3) is 2.57. The van der Waals surface area contributed by atoms with Crippen molar-refractivity contribution < 1.29 is 9.53 Å². The van der Waals surface area contributed by atoms with Gasteiger partial charge in [0.15, 0.2) is 0 Å². The van der Waals surface area contributed by atoms with Gasteiger partial charge in [0.05, 0.1) is 11.6 Å². The van der Waals surface area contributed by atoms with Gasteiger partial charge in [0.25, 0.3) is 0 Å². The largest absolute Gasteiger partial charge is 0.456 e. The number of carbonyl (C=O) groups is 1. The highest BCUT2D eigenvalue weighted by Gasteiger charge is 2.14. The molecule has 0 amide bonds. The molecule has 2 aromatic carbocycles. The highest BCUT2D eigenvalue weighted by Crippen LogP contribution is 2.19. The van der Waals surface area contributed by atoms with E-state index in [1.54, 1.807) is 18.2 Å². The number of nitrogens with zero attached hydrogens (tertiary/aromatic N) is 2. The van der Waals surface area contributed by atoms with E-state index in [2.05, 4.69) is 6.07 Å². The molecule has 0 unspecified atom stereocenters. The Balaban J connectivity index is 1.79. The minimum absolute atomic E-state index is 0.149. The van der Waals surface area contributed by atoms with Crippen molar-refractivity contribution in [2.75, 3.05) is 0 Å². The van der Waals surface area contributed by atoms with Gasteiger partial charge in [-0.15, -0.1) is 0 Å². The van der Waals surface area contributed by atoms with Crippen LogP contribution >= 0.6 is 0 Å². The molecule has 108 valence electrons. The van der Waals surface area contributed by atoms with E-state index >= 15 is 0 Å². The van der Waals surface area contributed by atoms with Crippen molar-refractivity contribution in [3.63, 3.8) is 0 Å². The number of hydrogen-bond acceptors (Lipinski definition) is 3. The second kappa shape index (κ2) is 5.74. The van der Waals surface area contributed by atoms with Crippen LogP contribution in [0.2, 0.25) is 0 Å². The molecule has 0 aliphatic carbocycles. The molecule has 4 nitrogen and oxygen atoms in total. The van der Waals surface area contributed by atoms with Gasteiger partial charge in [0, 0.05) is 18.0 Å². The summed E-state index contributed by atoms with van der Waals surface area (Å²) >= 11 is 0. The summed E-state index contributed by atoms with van der Waals surface area (Å²) in [6.45, 7) is 0.149. The summed E-state index contributed by atoms with van der Waals surface area (Å²) < 4.78 is 7.18.